The maximum absolute atomic E-state index is 10.6. The number of aromatic hydroxyl groups is 2. The van der Waals surface area contributed by atoms with Crippen LogP contribution in [0.3, 0.4) is 0 Å². The quantitative estimate of drug-likeness (QED) is 0.506. The first kappa shape index (κ1) is 16.2. The highest BCUT2D eigenvalue weighted by atomic mass is 16.3. The second kappa shape index (κ2) is 5.54. The Morgan fingerprint density at radius 3 is 2.05 bits per heavy atom. The van der Waals surface area contributed by atoms with Gasteiger partial charge < -0.3 is 21.1 Å². The van der Waals surface area contributed by atoms with Gasteiger partial charge in [0.15, 0.2) is 0 Å². The topological polar surface area (TPSA) is 86.7 Å². The lowest BCUT2D eigenvalue weighted by Crippen LogP contribution is -2.14. The van der Waals surface area contributed by atoms with Gasteiger partial charge >= 0.3 is 0 Å². The third-order valence-corrected chi connectivity index (χ3v) is 3.83. The van der Waals surface area contributed by atoms with Gasteiger partial charge in [-0.15, -0.1) is 0 Å². The number of phenols is 2. The normalized spacial score (nSPS) is 13.1. The number of nitrogen functional groups attached to an aromatic ring is 1. The zero-order valence-electron chi connectivity index (χ0n) is 13.4. The van der Waals surface area contributed by atoms with Crippen LogP contribution >= 0.6 is 0 Å². The first-order valence-corrected chi connectivity index (χ1v) is 7.22. The van der Waals surface area contributed by atoms with Gasteiger partial charge in [0.2, 0.25) is 0 Å². The Morgan fingerprint density at radius 1 is 1.00 bits per heavy atom. The second-order valence-electron chi connectivity index (χ2n) is 6.69. The summed E-state index contributed by atoms with van der Waals surface area (Å²) in [6.45, 7) is 7.76. The smallest absolute Gasteiger partial charge is 0.148 e. The van der Waals surface area contributed by atoms with Gasteiger partial charge in [-0.05, 0) is 24.0 Å². The zero-order valence-corrected chi connectivity index (χ0v) is 13.4. The Morgan fingerprint density at radius 2 is 1.55 bits per heavy atom. The molecule has 0 saturated heterocycles. The van der Waals surface area contributed by atoms with Crippen LogP contribution in [-0.2, 0) is 5.41 Å². The Hall–Kier alpha value is -2.20. The van der Waals surface area contributed by atoms with E-state index in [1.54, 1.807) is 18.2 Å². The van der Waals surface area contributed by atoms with Crippen LogP contribution in [0.5, 0.6) is 11.5 Å². The van der Waals surface area contributed by atoms with Crippen LogP contribution in [0.15, 0.2) is 30.3 Å². The van der Waals surface area contributed by atoms with Crippen LogP contribution in [0.25, 0.3) is 0 Å². The highest BCUT2D eigenvalue weighted by molar-refractivity contribution is 5.69. The van der Waals surface area contributed by atoms with Crippen molar-refractivity contribution in [2.45, 2.75) is 39.2 Å². The molecule has 0 amide bonds. The number of benzene rings is 2. The Bertz CT molecular complexity index is 685. The maximum Gasteiger partial charge on any atom is 0.148 e. The highest BCUT2D eigenvalue weighted by Crippen LogP contribution is 2.44. The molecule has 2 aromatic carbocycles. The second-order valence-corrected chi connectivity index (χ2v) is 6.69. The summed E-state index contributed by atoms with van der Waals surface area (Å²) in [4.78, 5) is 0. The molecule has 0 radical (unpaired) electrons. The average Bonchev–Trinajstić information content (AvgIpc) is 2.44. The molecule has 0 heterocycles. The van der Waals surface area contributed by atoms with Gasteiger partial charge in [0.05, 0.1) is 0 Å². The summed E-state index contributed by atoms with van der Waals surface area (Å²) in [6, 6.07) is 9.01. The lowest BCUT2D eigenvalue weighted by Gasteiger charge is -2.24. The number of phenolic OH excluding ortho intramolecular Hbond substituents is 2. The first-order valence-electron chi connectivity index (χ1n) is 7.22. The van der Waals surface area contributed by atoms with Crippen molar-refractivity contribution in [2.75, 3.05) is 5.73 Å². The molecule has 0 bridgehead atoms. The number of aliphatic hydroxyl groups is 1. The molecule has 0 spiro atoms. The molecule has 118 valence electrons. The minimum absolute atomic E-state index is 0.103. The number of hydrogen-bond donors (Lipinski definition) is 4. The van der Waals surface area contributed by atoms with Gasteiger partial charge in [0.25, 0.3) is 0 Å². The molecule has 0 aliphatic heterocycles. The standard InChI is InChI=1S/C18H23NO3/c1-10-5-7-11(8-6-10)15(20)12-9-13(18(2,3)4)17(22)14(19)16(12)21/h5-9,15,20-22H,19H2,1-4H3. The Labute approximate surface area is 130 Å². The van der Waals surface area contributed by atoms with E-state index in [1.807, 2.05) is 39.8 Å². The summed E-state index contributed by atoms with van der Waals surface area (Å²) in [6.07, 6.45) is -1.01. The monoisotopic (exact) mass is 301 g/mol. The van der Waals surface area contributed by atoms with E-state index < -0.39 is 6.10 Å². The molecular formula is C18H23NO3. The van der Waals surface area contributed by atoms with E-state index in [0.29, 0.717) is 16.7 Å². The third kappa shape index (κ3) is 2.88. The minimum atomic E-state index is -1.01. The van der Waals surface area contributed by atoms with E-state index >= 15 is 0 Å². The van der Waals surface area contributed by atoms with Crippen LogP contribution in [0, 0.1) is 6.92 Å². The first-order chi connectivity index (χ1) is 10.1. The summed E-state index contributed by atoms with van der Waals surface area (Å²) in [5, 5.41) is 30.9. The summed E-state index contributed by atoms with van der Waals surface area (Å²) in [7, 11) is 0. The molecule has 1 atom stereocenters. The predicted octanol–water partition coefficient (Wildman–Crippen LogP) is 3.37. The van der Waals surface area contributed by atoms with Gasteiger partial charge in [-0.25, -0.2) is 0 Å². The van der Waals surface area contributed by atoms with Crippen molar-refractivity contribution in [3.63, 3.8) is 0 Å². The average molecular weight is 301 g/mol. The van der Waals surface area contributed by atoms with Crippen LogP contribution in [0.2, 0.25) is 0 Å². The zero-order chi connectivity index (χ0) is 16.7. The summed E-state index contributed by atoms with van der Waals surface area (Å²) in [5.41, 5.74) is 7.96. The molecule has 0 aliphatic rings. The van der Waals surface area contributed by atoms with Crippen LogP contribution < -0.4 is 5.73 Å². The van der Waals surface area contributed by atoms with Gasteiger partial charge in [0.1, 0.15) is 23.3 Å². The lowest BCUT2D eigenvalue weighted by atomic mass is 9.83. The Balaban J connectivity index is 2.59. The molecule has 4 nitrogen and oxygen atoms in total. The highest BCUT2D eigenvalue weighted by Gasteiger charge is 2.26. The summed E-state index contributed by atoms with van der Waals surface area (Å²) < 4.78 is 0. The molecule has 5 N–H and O–H groups in total. The van der Waals surface area contributed by atoms with Gasteiger partial charge in [-0.2, -0.15) is 0 Å². The minimum Gasteiger partial charge on any atom is -0.505 e. The van der Waals surface area contributed by atoms with Crippen molar-refractivity contribution in [1.82, 2.24) is 0 Å². The van der Waals surface area contributed by atoms with E-state index in [1.165, 1.54) is 0 Å². The molecule has 2 rings (SSSR count). The largest absolute Gasteiger partial charge is 0.505 e. The number of aliphatic hydroxyl groups excluding tert-OH is 1. The van der Waals surface area contributed by atoms with Crippen molar-refractivity contribution >= 4 is 5.69 Å². The van der Waals surface area contributed by atoms with E-state index in [0.717, 1.165) is 5.56 Å². The van der Waals surface area contributed by atoms with Gasteiger partial charge in [-0.1, -0.05) is 50.6 Å². The summed E-state index contributed by atoms with van der Waals surface area (Å²) in [5.74, 6) is -0.413. The molecule has 0 aliphatic carbocycles. The number of aryl methyl sites for hydroxylation is 1. The van der Waals surface area contributed by atoms with E-state index in [4.69, 9.17) is 5.73 Å². The maximum atomic E-state index is 10.6. The van der Waals surface area contributed by atoms with Crippen molar-refractivity contribution in [2.24, 2.45) is 0 Å². The molecule has 2 aromatic rings. The van der Waals surface area contributed by atoms with E-state index in [-0.39, 0.29) is 22.6 Å². The number of nitrogens with two attached hydrogens (primary N) is 1. The fraction of sp³-hybridized carbons (Fsp3) is 0.333. The van der Waals surface area contributed by atoms with Crippen LogP contribution in [0.4, 0.5) is 5.69 Å². The molecule has 4 heteroatoms. The number of hydrogen-bond acceptors (Lipinski definition) is 4. The van der Waals surface area contributed by atoms with Crippen molar-refractivity contribution in [1.29, 1.82) is 0 Å². The fourth-order valence-corrected chi connectivity index (χ4v) is 2.41. The van der Waals surface area contributed by atoms with Crippen molar-refractivity contribution < 1.29 is 15.3 Å². The van der Waals surface area contributed by atoms with Gasteiger partial charge in [0, 0.05) is 11.1 Å². The molecule has 0 aromatic heterocycles. The predicted molar refractivity (Wildman–Crippen MR) is 88.1 cm³/mol. The van der Waals surface area contributed by atoms with E-state index in [2.05, 4.69) is 0 Å². The lowest BCUT2D eigenvalue weighted by molar-refractivity contribution is 0.215. The molecule has 1 unspecified atom stereocenters. The van der Waals surface area contributed by atoms with Crippen molar-refractivity contribution in [3.05, 3.63) is 52.6 Å². The molecule has 22 heavy (non-hydrogen) atoms. The number of rotatable bonds is 2. The molecular weight excluding hydrogens is 278 g/mol. The Kier molecular flexibility index (Phi) is 4.07. The summed E-state index contributed by atoms with van der Waals surface area (Å²) >= 11 is 0. The van der Waals surface area contributed by atoms with Crippen LogP contribution in [0.1, 0.15) is 49.1 Å². The van der Waals surface area contributed by atoms with Crippen molar-refractivity contribution in [3.8, 4) is 11.5 Å². The third-order valence-electron chi connectivity index (χ3n) is 3.83. The van der Waals surface area contributed by atoms with Gasteiger partial charge in [-0.3, -0.25) is 0 Å². The number of anilines is 1. The molecule has 0 fully saturated rings. The van der Waals surface area contributed by atoms with Crippen LogP contribution in [-0.4, -0.2) is 15.3 Å². The molecule has 0 saturated carbocycles. The van der Waals surface area contributed by atoms with E-state index in [9.17, 15) is 15.3 Å². The fourth-order valence-electron chi connectivity index (χ4n) is 2.41. The SMILES string of the molecule is Cc1ccc(C(O)c2cc(C(C)(C)C)c(O)c(N)c2O)cc1.